The first-order chi connectivity index (χ1) is 17.6. The number of carbonyl (C=O) groups is 5. The molecule has 0 aliphatic carbocycles. The molecule has 0 saturated carbocycles. The van der Waals surface area contributed by atoms with Gasteiger partial charge in [-0.15, -0.1) is 0 Å². The van der Waals surface area contributed by atoms with Crippen LogP contribution in [0.1, 0.15) is 33.1 Å². The van der Waals surface area contributed by atoms with Crippen molar-refractivity contribution < 1.29 is 57.9 Å². The third-order valence-corrected chi connectivity index (χ3v) is 6.66. The van der Waals surface area contributed by atoms with Crippen molar-refractivity contribution >= 4 is 39.5 Å². The molecule has 12 N–H and O–H groups in total. The van der Waals surface area contributed by atoms with E-state index in [4.69, 9.17) is 33.7 Å². The summed E-state index contributed by atoms with van der Waals surface area (Å²) in [5.74, 6) is 7.28. The zero-order valence-electron chi connectivity index (χ0n) is 20.4. The van der Waals surface area contributed by atoms with E-state index >= 15 is 0 Å². The molecule has 0 spiro atoms. The SMILES string of the molecule is CCO[Si]CCCNC(=O)[C@@](CC)(C(=O)ON)[C@@H](C(=O)ON)C(C(N)OO)[C@H](CC(=O)ON)C(=O)ON. The molecule has 0 aliphatic rings. The highest BCUT2D eigenvalue weighted by Crippen LogP contribution is 2.44. The summed E-state index contributed by atoms with van der Waals surface area (Å²) in [6.45, 7) is 3.64. The Morgan fingerprint density at radius 1 is 0.973 bits per heavy atom. The zero-order valence-corrected chi connectivity index (χ0v) is 21.4. The predicted octanol–water partition coefficient (Wildman–Crippen LogP) is -3.36. The molecule has 2 radical (unpaired) electrons. The van der Waals surface area contributed by atoms with Gasteiger partial charge < -0.3 is 34.8 Å². The fourth-order valence-corrected chi connectivity index (χ4v) is 4.53. The lowest BCUT2D eigenvalue weighted by Gasteiger charge is -2.41. The van der Waals surface area contributed by atoms with Crippen molar-refractivity contribution in [2.75, 3.05) is 13.2 Å². The Kier molecular flexibility index (Phi) is 16.3. The van der Waals surface area contributed by atoms with E-state index in [1.54, 1.807) is 0 Å². The van der Waals surface area contributed by atoms with Gasteiger partial charge in [0.05, 0.1) is 18.3 Å². The van der Waals surface area contributed by atoms with E-state index in [-0.39, 0.29) is 16.3 Å². The van der Waals surface area contributed by atoms with Crippen LogP contribution in [0.5, 0.6) is 0 Å². The molecule has 18 nitrogen and oxygen atoms in total. The molecule has 0 heterocycles. The maximum absolute atomic E-state index is 13.5. The first-order valence-corrected chi connectivity index (χ1v) is 12.0. The van der Waals surface area contributed by atoms with Crippen LogP contribution in [0.25, 0.3) is 0 Å². The summed E-state index contributed by atoms with van der Waals surface area (Å²) in [4.78, 5) is 85.0. The van der Waals surface area contributed by atoms with Crippen LogP contribution in [0.15, 0.2) is 0 Å². The number of hydrogen-bond donors (Lipinski definition) is 7. The third-order valence-electron chi connectivity index (χ3n) is 5.61. The molecule has 2 unspecified atom stereocenters. The van der Waals surface area contributed by atoms with Crippen molar-refractivity contribution in [2.45, 2.75) is 45.4 Å². The van der Waals surface area contributed by atoms with Crippen LogP contribution in [0.2, 0.25) is 6.04 Å². The Labute approximate surface area is 214 Å². The van der Waals surface area contributed by atoms with Crippen LogP contribution in [-0.4, -0.2) is 64.2 Å². The monoisotopic (exact) mass is 554 g/mol. The number of carbonyl (C=O) groups excluding carboxylic acids is 5. The summed E-state index contributed by atoms with van der Waals surface area (Å²) < 4.78 is 5.24. The van der Waals surface area contributed by atoms with E-state index in [1.807, 2.05) is 6.92 Å². The highest BCUT2D eigenvalue weighted by atomic mass is 28.2. The van der Waals surface area contributed by atoms with Crippen LogP contribution in [0.4, 0.5) is 0 Å². The van der Waals surface area contributed by atoms with Crippen molar-refractivity contribution in [3.05, 3.63) is 0 Å². The van der Waals surface area contributed by atoms with E-state index in [2.05, 4.69) is 29.6 Å². The average Bonchev–Trinajstić information content (AvgIpc) is 2.92. The van der Waals surface area contributed by atoms with E-state index in [0.29, 0.717) is 19.1 Å². The summed E-state index contributed by atoms with van der Waals surface area (Å²) >= 11 is 0. The van der Waals surface area contributed by atoms with Gasteiger partial charge in [-0.3, -0.25) is 24.4 Å². The predicted molar refractivity (Wildman–Crippen MR) is 120 cm³/mol. The molecule has 1 amide bonds. The molecule has 0 aromatic heterocycles. The lowest BCUT2D eigenvalue weighted by Crippen LogP contribution is -2.61. The molecule has 212 valence electrons. The number of nitrogens with two attached hydrogens (primary N) is 5. The van der Waals surface area contributed by atoms with Gasteiger partial charge in [0.1, 0.15) is 6.23 Å². The average molecular weight is 555 g/mol. The maximum Gasteiger partial charge on any atom is 0.340 e. The van der Waals surface area contributed by atoms with Gasteiger partial charge in [-0.25, -0.2) is 9.68 Å². The highest BCUT2D eigenvalue weighted by molar-refractivity contribution is 6.27. The third kappa shape index (κ3) is 8.94. The van der Waals surface area contributed by atoms with E-state index in [0.717, 1.165) is 0 Å². The summed E-state index contributed by atoms with van der Waals surface area (Å²) in [7, 11) is 0.161. The molecule has 0 aromatic rings. The van der Waals surface area contributed by atoms with E-state index in [1.165, 1.54) is 6.92 Å². The van der Waals surface area contributed by atoms with Gasteiger partial charge in [-0.2, -0.15) is 23.6 Å². The standard InChI is InChI=1S/C18H34N6O12Si/c1-3-18(17(29)35-23,16(28)24-6-5-7-37-31-4-2)12(15(27)34-22)11(13(19)36-30)9(14(26)33-21)8-10(25)32-20/h9,11-13,30H,3-8,19-23H2,1-2H3,(H,24,28)/t9-,11?,12+,13?,18-/m0/s1. The van der Waals surface area contributed by atoms with Crippen LogP contribution in [0.3, 0.4) is 0 Å². The fraction of sp³-hybridized carbons (Fsp3) is 0.722. The molecule has 0 aromatic carbocycles. The van der Waals surface area contributed by atoms with Gasteiger partial charge in [0.15, 0.2) is 5.41 Å². The number of rotatable bonds is 18. The van der Waals surface area contributed by atoms with Gasteiger partial charge >= 0.3 is 23.9 Å². The molecule has 0 bridgehead atoms. The van der Waals surface area contributed by atoms with Gasteiger partial charge in [-0.1, -0.05) is 6.92 Å². The van der Waals surface area contributed by atoms with Gasteiger partial charge in [-0.05, 0) is 25.8 Å². The van der Waals surface area contributed by atoms with Crippen molar-refractivity contribution in [2.24, 2.45) is 52.5 Å². The van der Waals surface area contributed by atoms with Crippen LogP contribution in [-0.2, 0) is 52.6 Å². The van der Waals surface area contributed by atoms with Gasteiger partial charge in [0.25, 0.3) is 0 Å². The Hall–Kier alpha value is -2.75. The summed E-state index contributed by atoms with van der Waals surface area (Å²) in [6.07, 6.45) is -3.09. The number of nitrogens with one attached hydrogen (secondary N) is 1. The van der Waals surface area contributed by atoms with Crippen molar-refractivity contribution in [3.63, 3.8) is 0 Å². The molecular formula is C18H34N6O12Si. The van der Waals surface area contributed by atoms with Crippen LogP contribution in [0, 0.1) is 23.2 Å². The molecule has 0 aliphatic heterocycles. The minimum Gasteiger partial charge on any atom is -0.418 e. The zero-order chi connectivity index (χ0) is 28.6. The number of amides is 1. The number of hydrogen-bond acceptors (Lipinski definition) is 17. The van der Waals surface area contributed by atoms with Crippen molar-refractivity contribution in [3.8, 4) is 0 Å². The lowest BCUT2D eigenvalue weighted by molar-refractivity contribution is -0.298. The minimum atomic E-state index is -2.58. The lowest BCUT2D eigenvalue weighted by atomic mass is 9.62. The second kappa shape index (κ2) is 17.7. The van der Waals surface area contributed by atoms with Gasteiger partial charge in [0, 0.05) is 19.1 Å². The smallest absolute Gasteiger partial charge is 0.340 e. The van der Waals surface area contributed by atoms with Crippen molar-refractivity contribution in [1.82, 2.24) is 5.32 Å². The Balaban J connectivity index is 6.84. The first-order valence-electron chi connectivity index (χ1n) is 10.9. The molecule has 0 fully saturated rings. The topological polar surface area (TPSA) is 303 Å². The summed E-state index contributed by atoms with van der Waals surface area (Å²) in [5, 5.41) is 11.8. The second-order valence-electron chi connectivity index (χ2n) is 7.47. The Morgan fingerprint density at radius 2 is 1.59 bits per heavy atom. The Morgan fingerprint density at radius 3 is 2.05 bits per heavy atom. The molecule has 0 rings (SSSR count). The quantitative estimate of drug-likeness (QED) is 0.0217. The van der Waals surface area contributed by atoms with E-state index < -0.39 is 72.0 Å². The molecule has 19 heteroatoms. The normalized spacial score (nSPS) is 15.8. The maximum atomic E-state index is 13.5. The van der Waals surface area contributed by atoms with Crippen molar-refractivity contribution in [1.29, 1.82) is 0 Å². The Bertz CT molecular complexity index is 777. The second-order valence-corrected chi connectivity index (χ2v) is 8.54. The fourth-order valence-electron chi connectivity index (χ4n) is 3.86. The minimum absolute atomic E-state index is 0.0177. The summed E-state index contributed by atoms with van der Waals surface area (Å²) in [6, 6.07) is 0.570. The van der Waals surface area contributed by atoms with Gasteiger partial charge in [0.2, 0.25) is 15.7 Å². The van der Waals surface area contributed by atoms with Crippen LogP contribution >= 0.6 is 0 Å². The largest absolute Gasteiger partial charge is 0.418 e. The molecular weight excluding hydrogens is 520 g/mol. The first kappa shape index (κ1) is 34.2. The van der Waals surface area contributed by atoms with E-state index in [9.17, 15) is 29.2 Å². The molecule has 37 heavy (non-hydrogen) atoms. The molecule has 0 saturated heterocycles. The molecule has 5 atom stereocenters. The summed E-state index contributed by atoms with van der Waals surface area (Å²) in [5.41, 5.74) is 3.23. The highest BCUT2D eigenvalue weighted by Gasteiger charge is 2.62. The van der Waals surface area contributed by atoms with Crippen LogP contribution < -0.4 is 34.6 Å².